The Kier molecular flexibility index (Phi) is 5.61. The third-order valence-electron chi connectivity index (χ3n) is 6.50. The minimum Gasteiger partial charge on any atom is -0.497 e. The number of hydrogen-bond donors (Lipinski definition) is 2. The lowest BCUT2D eigenvalue weighted by molar-refractivity contribution is -0.155. The van der Waals surface area contributed by atoms with Crippen LogP contribution in [0.25, 0.3) is 0 Å². The van der Waals surface area contributed by atoms with E-state index in [0.29, 0.717) is 30.7 Å². The molecule has 1 saturated carbocycles. The monoisotopic (exact) mass is 359 g/mol. The van der Waals surface area contributed by atoms with Crippen LogP contribution in [0, 0.1) is 17.8 Å². The van der Waals surface area contributed by atoms with Crippen LogP contribution in [0.1, 0.15) is 63.5 Å². The summed E-state index contributed by atoms with van der Waals surface area (Å²) in [6.45, 7) is 6.95. The van der Waals surface area contributed by atoms with Gasteiger partial charge in [-0.05, 0) is 66.7 Å². The molecule has 1 fully saturated rings. The standard InChI is InChI=1S/C22H33NO3/c1-14(2)20-10-5-15(3)12-22(20,25)21(24)23-13-17-7-6-16-11-18(26-4)8-9-19(16)17/h8-9,11,14-15,17,20,25H,5-7,10,12-13H2,1-4H3,(H,23,24)/t15-,17?,20+,22+/m1/s1. The van der Waals surface area contributed by atoms with E-state index in [9.17, 15) is 9.90 Å². The second-order valence-electron chi connectivity index (χ2n) is 8.67. The van der Waals surface area contributed by atoms with Gasteiger partial charge >= 0.3 is 0 Å². The summed E-state index contributed by atoms with van der Waals surface area (Å²) < 4.78 is 5.31. The molecule has 4 atom stereocenters. The third-order valence-corrected chi connectivity index (χ3v) is 6.50. The fourth-order valence-electron chi connectivity index (χ4n) is 5.02. The molecule has 3 rings (SSSR count). The molecule has 4 heteroatoms. The Bertz CT molecular complexity index is 657. The van der Waals surface area contributed by atoms with Gasteiger partial charge in [-0.25, -0.2) is 0 Å². The maximum atomic E-state index is 13.0. The van der Waals surface area contributed by atoms with Crippen LogP contribution < -0.4 is 10.1 Å². The van der Waals surface area contributed by atoms with Crippen molar-refractivity contribution in [3.05, 3.63) is 29.3 Å². The highest BCUT2D eigenvalue weighted by atomic mass is 16.5. The molecule has 4 nitrogen and oxygen atoms in total. The van der Waals surface area contributed by atoms with Crippen LogP contribution in [0.4, 0.5) is 0 Å². The maximum Gasteiger partial charge on any atom is 0.252 e. The summed E-state index contributed by atoms with van der Waals surface area (Å²) in [7, 11) is 1.69. The summed E-state index contributed by atoms with van der Waals surface area (Å²) >= 11 is 0. The highest BCUT2D eigenvalue weighted by Gasteiger charge is 2.48. The maximum absolute atomic E-state index is 13.0. The summed E-state index contributed by atoms with van der Waals surface area (Å²) in [4.78, 5) is 13.0. The molecular weight excluding hydrogens is 326 g/mol. The number of amides is 1. The molecule has 0 aliphatic heterocycles. The zero-order valence-corrected chi connectivity index (χ0v) is 16.5. The molecule has 0 spiro atoms. The number of aliphatic hydroxyl groups is 1. The largest absolute Gasteiger partial charge is 0.497 e. The lowest BCUT2D eigenvalue weighted by atomic mass is 9.66. The molecule has 1 aromatic rings. The number of carbonyl (C=O) groups excluding carboxylic acids is 1. The van der Waals surface area contributed by atoms with Gasteiger partial charge in [0, 0.05) is 12.5 Å². The normalized spacial score (nSPS) is 30.9. The van der Waals surface area contributed by atoms with Gasteiger partial charge < -0.3 is 15.2 Å². The van der Waals surface area contributed by atoms with Crippen molar-refractivity contribution < 1.29 is 14.6 Å². The highest BCUT2D eigenvalue weighted by Crippen LogP contribution is 2.41. The Morgan fingerprint density at radius 3 is 2.81 bits per heavy atom. The van der Waals surface area contributed by atoms with Crippen molar-refractivity contribution in [3.63, 3.8) is 0 Å². The smallest absolute Gasteiger partial charge is 0.252 e. The van der Waals surface area contributed by atoms with Crippen LogP contribution >= 0.6 is 0 Å². The minimum atomic E-state index is -1.23. The molecule has 2 aliphatic carbocycles. The zero-order chi connectivity index (χ0) is 18.9. The molecule has 2 aliphatic rings. The van der Waals surface area contributed by atoms with Crippen LogP contribution in [-0.4, -0.2) is 30.3 Å². The lowest BCUT2D eigenvalue weighted by Crippen LogP contribution is -2.56. The molecule has 0 bridgehead atoms. The van der Waals surface area contributed by atoms with Crippen molar-refractivity contribution in [3.8, 4) is 5.75 Å². The Hall–Kier alpha value is -1.55. The predicted molar refractivity (Wildman–Crippen MR) is 103 cm³/mol. The van der Waals surface area contributed by atoms with Gasteiger partial charge in [0.05, 0.1) is 7.11 Å². The number of carbonyl (C=O) groups is 1. The topological polar surface area (TPSA) is 58.6 Å². The highest BCUT2D eigenvalue weighted by molar-refractivity contribution is 5.85. The van der Waals surface area contributed by atoms with E-state index >= 15 is 0 Å². The van der Waals surface area contributed by atoms with Crippen LogP contribution in [0.5, 0.6) is 5.75 Å². The fraction of sp³-hybridized carbons (Fsp3) is 0.682. The molecule has 1 amide bonds. The van der Waals surface area contributed by atoms with Crippen molar-refractivity contribution in [1.82, 2.24) is 5.32 Å². The van der Waals surface area contributed by atoms with Crippen LogP contribution in [0.2, 0.25) is 0 Å². The van der Waals surface area contributed by atoms with Crippen molar-refractivity contribution in [1.29, 1.82) is 0 Å². The number of aryl methyl sites for hydroxylation is 1. The SMILES string of the molecule is COc1ccc2c(c1)CCC2CNC(=O)[C@]1(O)C[C@H](C)CC[C@H]1C(C)C. The average molecular weight is 360 g/mol. The predicted octanol–water partition coefficient (Wildman–Crippen LogP) is 3.66. The Morgan fingerprint density at radius 1 is 1.35 bits per heavy atom. The van der Waals surface area contributed by atoms with Gasteiger partial charge in [0.15, 0.2) is 0 Å². The molecule has 2 N–H and O–H groups in total. The zero-order valence-electron chi connectivity index (χ0n) is 16.5. The first-order valence-corrected chi connectivity index (χ1v) is 10.0. The fourth-order valence-corrected chi connectivity index (χ4v) is 5.02. The van der Waals surface area contributed by atoms with Gasteiger partial charge in [0.25, 0.3) is 5.91 Å². The van der Waals surface area contributed by atoms with E-state index in [-0.39, 0.29) is 11.8 Å². The van der Waals surface area contributed by atoms with E-state index in [2.05, 4.69) is 38.2 Å². The van der Waals surface area contributed by atoms with Crippen molar-refractivity contribution in [2.75, 3.05) is 13.7 Å². The van der Waals surface area contributed by atoms with E-state index in [1.54, 1.807) is 7.11 Å². The minimum absolute atomic E-state index is 0.0406. The molecule has 0 aromatic heterocycles. The molecule has 0 saturated heterocycles. The van der Waals surface area contributed by atoms with E-state index in [0.717, 1.165) is 31.4 Å². The number of methoxy groups -OCH3 is 1. The molecule has 1 unspecified atom stereocenters. The first-order chi connectivity index (χ1) is 12.3. The average Bonchev–Trinajstić information content (AvgIpc) is 3.01. The second-order valence-corrected chi connectivity index (χ2v) is 8.67. The van der Waals surface area contributed by atoms with E-state index in [1.165, 1.54) is 11.1 Å². The van der Waals surface area contributed by atoms with Gasteiger partial charge in [0.2, 0.25) is 0 Å². The first-order valence-electron chi connectivity index (χ1n) is 10.0. The van der Waals surface area contributed by atoms with Gasteiger partial charge in [-0.2, -0.15) is 0 Å². The Balaban J connectivity index is 1.67. The number of nitrogens with one attached hydrogen (secondary N) is 1. The van der Waals surface area contributed by atoms with Crippen molar-refractivity contribution in [2.24, 2.45) is 17.8 Å². The lowest BCUT2D eigenvalue weighted by Gasteiger charge is -2.43. The molecule has 0 heterocycles. The second kappa shape index (κ2) is 7.59. The van der Waals surface area contributed by atoms with E-state index in [4.69, 9.17) is 4.74 Å². The number of fused-ring (bicyclic) bond motifs is 1. The molecular formula is C22H33NO3. The van der Waals surface area contributed by atoms with Gasteiger partial charge in [-0.3, -0.25) is 4.79 Å². The summed E-state index contributed by atoms with van der Waals surface area (Å²) in [6, 6.07) is 6.21. The van der Waals surface area contributed by atoms with Crippen LogP contribution in [0.3, 0.4) is 0 Å². The summed E-state index contributed by atoms with van der Waals surface area (Å²) in [6.07, 6.45) is 4.64. The van der Waals surface area contributed by atoms with Gasteiger partial charge in [-0.1, -0.05) is 33.3 Å². The van der Waals surface area contributed by atoms with E-state index in [1.807, 2.05) is 6.07 Å². The Morgan fingerprint density at radius 2 is 2.12 bits per heavy atom. The number of hydrogen-bond acceptors (Lipinski definition) is 3. The van der Waals surface area contributed by atoms with Crippen LogP contribution in [-0.2, 0) is 11.2 Å². The number of ether oxygens (including phenoxy) is 1. The van der Waals surface area contributed by atoms with Crippen molar-refractivity contribution in [2.45, 2.75) is 64.4 Å². The van der Waals surface area contributed by atoms with Crippen LogP contribution in [0.15, 0.2) is 18.2 Å². The Labute approximate surface area is 157 Å². The number of benzene rings is 1. The first kappa shape index (κ1) is 19.2. The summed E-state index contributed by atoms with van der Waals surface area (Å²) in [5.74, 6) is 1.77. The number of rotatable bonds is 5. The molecule has 26 heavy (non-hydrogen) atoms. The summed E-state index contributed by atoms with van der Waals surface area (Å²) in [5.41, 5.74) is 1.39. The van der Waals surface area contributed by atoms with Gasteiger partial charge in [-0.15, -0.1) is 0 Å². The summed E-state index contributed by atoms with van der Waals surface area (Å²) in [5, 5.41) is 14.3. The quantitative estimate of drug-likeness (QED) is 0.843. The third kappa shape index (κ3) is 3.62. The van der Waals surface area contributed by atoms with Crippen molar-refractivity contribution >= 4 is 5.91 Å². The van der Waals surface area contributed by atoms with E-state index < -0.39 is 5.60 Å². The van der Waals surface area contributed by atoms with Gasteiger partial charge in [0.1, 0.15) is 11.4 Å². The molecule has 1 aromatic carbocycles. The molecule has 0 radical (unpaired) electrons. The molecule has 144 valence electrons.